The van der Waals surface area contributed by atoms with Crippen molar-refractivity contribution in [2.75, 3.05) is 49.1 Å². The molecule has 2 aliphatic rings. The lowest BCUT2D eigenvalue weighted by Crippen LogP contribution is -2.49. The van der Waals surface area contributed by atoms with E-state index in [-0.39, 0.29) is 11.6 Å². The normalized spacial score (nSPS) is 17.7. The van der Waals surface area contributed by atoms with Gasteiger partial charge in [0.15, 0.2) is 0 Å². The van der Waals surface area contributed by atoms with Crippen molar-refractivity contribution in [1.82, 2.24) is 9.88 Å². The first-order valence-corrected chi connectivity index (χ1v) is 11.0. The number of nitro benzene ring substituents is 1. The van der Waals surface area contributed by atoms with Gasteiger partial charge in [-0.1, -0.05) is 18.5 Å². The molecule has 2 fully saturated rings. The molecule has 0 unspecified atom stereocenters. The number of hydrogen-bond acceptors (Lipinski definition) is 6. The zero-order valence-corrected chi connectivity index (χ0v) is 18.3. The number of halogens is 1. The van der Waals surface area contributed by atoms with Crippen LogP contribution in [0.5, 0.6) is 0 Å². The van der Waals surface area contributed by atoms with Crippen molar-refractivity contribution in [3.8, 4) is 0 Å². The highest BCUT2D eigenvalue weighted by Crippen LogP contribution is 2.30. The predicted molar refractivity (Wildman–Crippen MR) is 121 cm³/mol. The summed E-state index contributed by atoms with van der Waals surface area (Å²) in [6.07, 6.45) is 3.72. The van der Waals surface area contributed by atoms with E-state index in [4.69, 9.17) is 11.6 Å². The first-order chi connectivity index (χ1) is 14.9. The summed E-state index contributed by atoms with van der Waals surface area (Å²) in [6.45, 7) is 6.29. The topological polar surface area (TPSA) is 82.8 Å². The van der Waals surface area contributed by atoms with Gasteiger partial charge >= 0.3 is 0 Å². The molecule has 0 N–H and O–H groups in total. The molecule has 1 aromatic heterocycles. The number of nitrogens with zero attached hydrogens (tertiary/aromatic N) is 5. The Morgan fingerprint density at radius 2 is 1.77 bits per heavy atom. The van der Waals surface area contributed by atoms with Gasteiger partial charge in [-0.25, -0.2) is 4.98 Å². The van der Waals surface area contributed by atoms with Crippen LogP contribution in [0.3, 0.4) is 0 Å². The van der Waals surface area contributed by atoms with Crippen LogP contribution < -0.4 is 9.80 Å². The summed E-state index contributed by atoms with van der Waals surface area (Å²) >= 11 is 5.92. The molecule has 8 nitrogen and oxygen atoms in total. The summed E-state index contributed by atoms with van der Waals surface area (Å²) < 4.78 is 0. The molecular weight excluding hydrogens is 418 g/mol. The Labute approximate surface area is 186 Å². The molecule has 0 bridgehead atoms. The number of amides is 1. The van der Waals surface area contributed by atoms with Crippen molar-refractivity contribution in [3.63, 3.8) is 0 Å². The predicted octanol–water partition coefficient (Wildman–Crippen LogP) is 3.84. The van der Waals surface area contributed by atoms with Gasteiger partial charge in [-0.2, -0.15) is 0 Å². The Hall–Kier alpha value is -2.87. The molecule has 0 spiro atoms. The number of carbonyl (C=O) groups excluding carboxylic acids is 1. The monoisotopic (exact) mass is 443 g/mol. The second-order valence-electron chi connectivity index (χ2n) is 8.24. The smallest absolute Gasteiger partial charge is 0.270 e. The van der Waals surface area contributed by atoms with Gasteiger partial charge in [0.1, 0.15) is 5.82 Å². The lowest BCUT2D eigenvalue weighted by atomic mass is 9.97. The highest BCUT2D eigenvalue weighted by atomic mass is 35.5. The first kappa shape index (κ1) is 21.4. The van der Waals surface area contributed by atoms with E-state index in [1.54, 1.807) is 23.2 Å². The minimum atomic E-state index is -0.441. The highest BCUT2D eigenvalue weighted by Gasteiger charge is 2.28. The third kappa shape index (κ3) is 4.74. The third-order valence-corrected chi connectivity index (χ3v) is 6.37. The Balaban J connectivity index is 1.52. The fourth-order valence-corrected chi connectivity index (χ4v) is 4.31. The summed E-state index contributed by atoms with van der Waals surface area (Å²) in [5.74, 6) is 1.33. The lowest BCUT2D eigenvalue weighted by Gasteiger charge is -2.37. The molecule has 0 aliphatic carbocycles. The fourth-order valence-electron chi connectivity index (χ4n) is 4.20. The van der Waals surface area contributed by atoms with Crippen molar-refractivity contribution >= 4 is 34.7 Å². The molecule has 2 saturated heterocycles. The zero-order chi connectivity index (χ0) is 22.0. The van der Waals surface area contributed by atoms with E-state index in [2.05, 4.69) is 21.7 Å². The van der Waals surface area contributed by atoms with E-state index in [1.165, 1.54) is 12.1 Å². The van der Waals surface area contributed by atoms with Crippen LogP contribution >= 0.6 is 11.6 Å². The second-order valence-corrected chi connectivity index (χ2v) is 8.68. The molecule has 0 radical (unpaired) electrons. The van der Waals surface area contributed by atoms with Crippen molar-refractivity contribution < 1.29 is 9.72 Å². The molecular formula is C22H26ClN5O3. The molecule has 0 atom stereocenters. The largest absolute Gasteiger partial charge is 0.371 e. The molecule has 2 aliphatic heterocycles. The van der Waals surface area contributed by atoms with Crippen LogP contribution in [0.4, 0.5) is 17.2 Å². The maximum Gasteiger partial charge on any atom is 0.270 e. The number of aromatic nitrogens is 1. The van der Waals surface area contributed by atoms with Crippen molar-refractivity contribution in [3.05, 3.63) is 57.2 Å². The Morgan fingerprint density at radius 1 is 1.06 bits per heavy atom. The minimum absolute atomic E-state index is 0.0542. The Morgan fingerprint density at radius 3 is 2.39 bits per heavy atom. The minimum Gasteiger partial charge on any atom is -0.371 e. The fraction of sp³-hybridized carbons (Fsp3) is 0.455. The number of pyridine rings is 1. The van der Waals surface area contributed by atoms with E-state index in [0.717, 1.165) is 37.4 Å². The Bertz CT molecular complexity index is 952. The number of rotatable bonds is 4. The van der Waals surface area contributed by atoms with E-state index in [9.17, 15) is 14.9 Å². The highest BCUT2D eigenvalue weighted by molar-refractivity contribution is 6.30. The summed E-state index contributed by atoms with van der Waals surface area (Å²) in [5, 5.41) is 11.9. The van der Waals surface area contributed by atoms with Crippen LogP contribution in [0, 0.1) is 16.0 Å². The molecule has 164 valence electrons. The van der Waals surface area contributed by atoms with Gasteiger partial charge < -0.3 is 14.7 Å². The van der Waals surface area contributed by atoms with Gasteiger partial charge in [0.2, 0.25) is 0 Å². The van der Waals surface area contributed by atoms with Gasteiger partial charge in [-0.3, -0.25) is 14.9 Å². The average Bonchev–Trinajstić information content (AvgIpc) is 2.79. The summed E-state index contributed by atoms with van der Waals surface area (Å²) in [5.41, 5.74) is 1.16. The lowest BCUT2D eigenvalue weighted by molar-refractivity contribution is -0.384. The van der Waals surface area contributed by atoms with E-state index in [0.29, 0.717) is 42.7 Å². The van der Waals surface area contributed by atoms with Crippen LogP contribution in [0.15, 0.2) is 36.5 Å². The summed E-state index contributed by atoms with van der Waals surface area (Å²) in [6, 6.07) is 8.33. The molecule has 1 aromatic carbocycles. The zero-order valence-electron chi connectivity index (χ0n) is 17.5. The summed E-state index contributed by atoms with van der Waals surface area (Å²) in [4.78, 5) is 34.8. The quantitative estimate of drug-likeness (QED) is 0.527. The SMILES string of the molecule is CC1CCN(c2ccc([N+](=O)[O-])cc2C(=O)N2CCN(c3ccc(Cl)cn3)CC2)CC1. The molecule has 9 heteroatoms. The maximum absolute atomic E-state index is 13.4. The molecule has 31 heavy (non-hydrogen) atoms. The van der Waals surface area contributed by atoms with Gasteiger partial charge in [0.25, 0.3) is 11.6 Å². The number of hydrogen-bond donors (Lipinski definition) is 0. The number of non-ortho nitro benzene ring substituents is 1. The van der Waals surface area contributed by atoms with E-state index >= 15 is 0 Å². The first-order valence-electron chi connectivity index (χ1n) is 10.6. The van der Waals surface area contributed by atoms with Gasteiger partial charge in [0, 0.05) is 57.6 Å². The number of anilines is 2. The molecule has 1 amide bonds. The number of piperidine rings is 1. The van der Waals surface area contributed by atoms with Crippen LogP contribution in [0.1, 0.15) is 30.1 Å². The molecule has 2 aromatic rings. The maximum atomic E-state index is 13.4. The van der Waals surface area contributed by atoms with Crippen molar-refractivity contribution in [2.24, 2.45) is 5.92 Å². The van der Waals surface area contributed by atoms with Crippen LogP contribution in [-0.2, 0) is 0 Å². The standard InChI is InChI=1S/C22H26ClN5O3/c1-16-6-8-25(9-7-16)20-4-3-18(28(30)31)14-19(20)22(29)27-12-10-26(11-13-27)21-5-2-17(23)15-24-21/h2-5,14-16H,6-13H2,1H3. The molecule has 0 saturated carbocycles. The number of nitro groups is 1. The Kier molecular flexibility index (Phi) is 6.27. The van der Waals surface area contributed by atoms with Gasteiger partial charge in [-0.15, -0.1) is 0 Å². The van der Waals surface area contributed by atoms with Gasteiger partial charge in [-0.05, 0) is 37.0 Å². The van der Waals surface area contributed by atoms with Crippen molar-refractivity contribution in [2.45, 2.75) is 19.8 Å². The van der Waals surface area contributed by atoms with Crippen LogP contribution in [-0.4, -0.2) is 60.0 Å². The average molecular weight is 444 g/mol. The molecule has 4 rings (SSSR count). The van der Waals surface area contributed by atoms with E-state index < -0.39 is 4.92 Å². The van der Waals surface area contributed by atoms with Crippen LogP contribution in [0.25, 0.3) is 0 Å². The number of carbonyl (C=O) groups is 1. The molecule has 3 heterocycles. The van der Waals surface area contributed by atoms with Gasteiger partial charge in [0.05, 0.1) is 21.2 Å². The number of piperazine rings is 1. The third-order valence-electron chi connectivity index (χ3n) is 6.15. The van der Waals surface area contributed by atoms with E-state index in [1.807, 2.05) is 6.07 Å². The second kappa shape index (κ2) is 9.09. The van der Waals surface area contributed by atoms with Crippen LogP contribution in [0.2, 0.25) is 5.02 Å². The van der Waals surface area contributed by atoms with Crippen molar-refractivity contribution in [1.29, 1.82) is 0 Å². The number of benzene rings is 1. The summed E-state index contributed by atoms with van der Waals surface area (Å²) in [7, 11) is 0.